The molecule has 0 unspecified atom stereocenters. The molecule has 0 aliphatic heterocycles. The van der Waals surface area contributed by atoms with E-state index in [9.17, 15) is 0 Å². The molecule has 0 aliphatic carbocycles. The van der Waals surface area contributed by atoms with Gasteiger partial charge in [-0.3, -0.25) is 0 Å². The zero-order valence-corrected chi connectivity index (χ0v) is 25.6. The topological polar surface area (TPSA) is 51.8 Å². The molecule has 5 heteroatoms. The molecule has 0 spiro atoms. The number of hydrogen-bond acceptors (Lipinski definition) is 4. The van der Waals surface area contributed by atoms with Crippen molar-refractivity contribution in [3.63, 3.8) is 0 Å². The van der Waals surface area contributed by atoms with Gasteiger partial charge < -0.3 is 14.4 Å². The molecule has 0 bridgehead atoms. The molecule has 7 aromatic rings. The van der Waals surface area contributed by atoms with E-state index in [4.69, 9.17) is 9.40 Å². The summed E-state index contributed by atoms with van der Waals surface area (Å²) in [4.78, 5) is 13.7. The number of furan rings is 1. The normalized spacial score (nSPS) is 11.2. The van der Waals surface area contributed by atoms with Crippen LogP contribution in [0.3, 0.4) is 0 Å². The van der Waals surface area contributed by atoms with Crippen molar-refractivity contribution in [2.75, 3.05) is 0 Å². The van der Waals surface area contributed by atoms with Crippen LogP contribution in [0.2, 0.25) is 0 Å². The number of pyridine rings is 3. The molecule has 4 heterocycles. The molecule has 0 saturated carbocycles. The van der Waals surface area contributed by atoms with Crippen LogP contribution in [0.5, 0.6) is 0 Å². The molecule has 205 valence electrons. The minimum atomic E-state index is 0. The van der Waals surface area contributed by atoms with E-state index in [1.165, 1.54) is 0 Å². The first-order chi connectivity index (χ1) is 19.5. The van der Waals surface area contributed by atoms with Crippen molar-refractivity contribution in [3.05, 3.63) is 127 Å². The summed E-state index contributed by atoms with van der Waals surface area (Å²) < 4.78 is 6.40. The minimum Gasteiger partial charge on any atom is -0.498 e. The van der Waals surface area contributed by atoms with Crippen molar-refractivity contribution >= 4 is 32.8 Å². The van der Waals surface area contributed by atoms with Crippen molar-refractivity contribution in [1.29, 1.82) is 0 Å². The summed E-state index contributed by atoms with van der Waals surface area (Å²) in [5.41, 5.74) is 7.59. The Morgan fingerprint density at radius 1 is 0.683 bits per heavy atom. The van der Waals surface area contributed by atoms with Crippen LogP contribution in [0.4, 0.5) is 0 Å². The van der Waals surface area contributed by atoms with Crippen molar-refractivity contribution in [3.8, 4) is 22.5 Å². The summed E-state index contributed by atoms with van der Waals surface area (Å²) in [6.45, 7) is 6.70. The third-order valence-corrected chi connectivity index (χ3v) is 6.60. The van der Waals surface area contributed by atoms with Gasteiger partial charge in [0.05, 0.1) is 5.58 Å². The fraction of sp³-hybridized carbons (Fsp3) is 0.139. The molecule has 7 rings (SSSR count). The van der Waals surface area contributed by atoms with Gasteiger partial charge in [-0.05, 0) is 41.4 Å². The van der Waals surface area contributed by atoms with Crippen LogP contribution in [0, 0.1) is 17.5 Å². The van der Waals surface area contributed by atoms with Gasteiger partial charge in [-0.1, -0.05) is 74.2 Å². The van der Waals surface area contributed by atoms with E-state index in [-0.39, 0.29) is 25.5 Å². The summed E-state index contributed by atoms with van der Waals surface area (Å²) >= 11 is 0. The van der Waals surface area contributed by atoms with Gasteiger partial charge in [0.2, 0.25) is 0 Å². The van der Waals surface area contributed by atoms with Crippen LogP contribution in [-0.2, 0) is 26.5 Å². The Morgan fingerprint density at radius 2 is 1.39 bits per heavy atom. The van der Waals surface area contributed by atoms with Gasteiger partial charge in [0.15, 0.2) is 0 Å². The van der Waals surface area contributed by atoms with Gasteiger partial charge in [-0.15, -0.1) is 54.1 Å². The Bertz CT molecular complexity index is 1860. The van der Waals surface area contributed by atoms with Crippen LogP contribution >= 0.6 is 0 Å². The van der Waals surface area contributed by atoms with Crippen molar-refractivity contribution in [1.82, 2.24) is 15.0 Å². The fourth-order valence-corrected chi connectivity index (χ4v) is 4.84. The molecule has 4 aromatic heterocycles. The molecular weight excluding hydrogens is 683 g/mol. The van der Waals surface area contributed by atoms with Gasteiger partial charge in [-0.2, -0.15) is 0 Å². The molecule has 0 N–H and O–H groups in total. The number of fused-ring (bicyclic) bond motifs is 5. The molecule has 0 amide bonds. The Hall–Kier alpha value is -4.18. The van der Waals surface area contributed by atoms with Crippen LogP contribution in [0.1, 0.15) is 26.5 Å². The Kier molecular flexibility index (Phi) is 8.39. The smallest absolute Gasteiger partial charge is 0.147 e. The van der Waals surface area contributed by atoms with Gasteiger partial charge in [0.25, 0.3) is 0 Å². The maximum absolute atomic E-state index is 6.40. The zero-order chi connectivity index (χ0) is 27.5. The van der Waals surface area contributed by atoms with E-state index in [0.29, 0.717) is 0 Å². The monoisotopic (exact) mass is 712 g/mol. The number of aromatic nitrogens is 3. The fourth-order valence-electron chi connectivity index (χ4n) is 4.84. The number of rotatable bonds is 3. The van der Waals surface area contributed by atoms with E-state index in [1.807, 2.05) is 66.7 Å². The first-order valence-electron chi connectivity index (χ1n) is 13.4. The SMILES string of the molecule is CC(C)(C)Cc1ccc2ccc3c4cc[c-]c(-c5ccccn5)c4oc3c2n1.[Ir].[c-]1ccccc1-c1ccccn1. The maximum Gasteiger partial charge on any atom is 0.147 e. The van der Waals surface area contributed by atoms with E-state index in [1.54, 1.807) is 12.4 Å². The van der Waals surface area contributed by atoms with Crippen molar-refractivity contribution in [2.24, 2.45) is 5.41 Å². The van der Waals surface area contributed by atoms with Gasteiger partial charge >= 0.3 is 0 Å². The minimum absolute atomic E-state index is 0. The van der Waals surface area contributed by atoms with Crippen LogP contribution in [-0.4, -0.2) is 15.0 Å². The summed E-state index contributed by atoms with van der Waals surface area (Å²) in [5, 5.41) is 3.24. The summed E-state index contributed by atoms with van der Waals surface area (Å²) in [5.74, 6) is 0. The molecule has 0 atom stereocenters. The zero-order valence-electron chi connectivity index (χ0n) is 23.2. The standard InChI is InChI=1S/C25H21N2O.C11H8N.Ir/c1-25(2,3)15-17-12-10-16-11-13-19-18-7-6-8-20(21-9-4-5-14-26-21)23(18)28-24(19)22(16)27-17;1-2-6-10(7-3-1)11-8-4-5-9-12-11;/h4-7,9-14H,15H2,1-3H3;1-6,8-9H;/q2*-1;. The second-order valence-corrected chi connectivity index (χ2v) is 11.0. The third-order valence-electron chi connectivity index (χ3n) is 6.60. The van der Waals surface area contributed by atoms with Crippen LogP contribution in [0.15, 0.2) is 114 Å². The quantitative estimate of drug-likeness (QED) is 0.172. The average molecular weight is 712 g/mol. The van der Waals surface area contributed by atoms with Gasteiger partial charge in [-0.25, -0.2) is 4.98 Å². The maximum atomic E-state index is 6.40. The molecule has 1 radical (unpaired) electrons. The average Bonchev–Trinajstić information content (AvgIpc) is 3.38. The molecule has 41 heavy (non-hydrogen) atoms. The van der Waals surface area contributed by atoms with Crippen molar-refractivity contribution in [2.45, 2.75) is 27.2 Å². The number of hydrogen-bond donors (Lipinski definition) is 0. The largest absolute Gasteiger partial charge is 0.498 e. The van der Waals surface area contributed by atoms with Crippen LogP contribution < -0.4 is 0 Å². The van der Waals surface area contributed by atoms with E-state index < -0.39 is 0 Å². The predicted octanol–water partition coefficient (Wildman–Crippen LogP) is 9.13. The predicted molar refractivity (Wildman–Crippen MR) is 163 cm³/mol. The first kappa shape index (κ1) is 28.4. The molecule has 0 fully saturated rings. The van der Waals surface area contributed by atoms with E-state index >= 15 is 0 Å². The second kappa shape index (κ2) is 12.1. The molecular formula is C36H29IrN3O-2. The second-order valence-electron chi connectivity index (χ2n) is 11.0. The molecule has 3 aromatic carbocycles. The summed E-state index contributed by atoms with van der Waals surface area (Å²) in [6.07, 6.45) is 4.50. The Morgan fingerprint density at radius 3 is 2.07 bits per heavy atom. The number of nitrogens with zero attached hydrogens (tertiary/aromatic N) is 3. The third kappa shape index (κ3) is 6.27. The Balaban J connectivity index is 0.000000218. The van der Waals surface area contributed by atoms with Gasteiger partial charge in [0.1, 0.15) is 11.1 Å². The summed E-state index contributed by atoms with van der Waals surface area (Å²) in [7, 11) is 0. The number of benzene rings is 3. The first-order valence-corrected chi connectivity index (χ1v) is 13.4. The van der Waals surface area contributed by atoms with E-state index in [0.717, 1.165) is 67.5 Å². The summed E-state index contributed by atoms with van der Waals surface area (Å²) in [6, 6.07) is 38.5. The molecule has 0 aliphatic rings. The Labute approximate surface area is 253 Å². The van der Waals surface area contributed by atoms with E-state index in [2.05, 4.69) is 73.2 Å². The van der Waals surface area contributed by atoms with Crippen LogP contribution in [0.25, 0.3) is 55.4 Å². The van der Waals surface area contributed by atoms with Gasteiger partial charge in [0, 0.05) is 49.0 Å². The molecule has 0 saturated heterocycles. The van der Waals surface area contributed by atoms with Crippen molar-refractivity contribution < 1.29 is 24.5 Å². The molecule has 4 nitrogen and oxygen atoms in total.